The molecule has 1 aromatic heterocycles. The second-order valence-corrected chi connectivity index (χ2v) is 11.1. The fourth-order valence-electron chi connectivity index (χ4n) is 4.57. The van der Waals surface area contributed by atoms with Crippen LogP contribution in [0.2, 0.25) is 0 Å². The average Bonchev–Trinajstić information content (AvgIpc) is 3.61. The van der Waals surface area contributed by atoms with Crippen LogP contribution >= 0.6 is 0 Å². The van der Waals surface area contributed by atoms with Crippen LogP contribution in [0.25, 0.3) is 0 Å². The van der Waals surface area contributed by atoms with Gasteiger partial charge in [0.15, 0.2) is 0 Å². The predicted molar refractivity (Wildman–Crippen MR) is 148 cm³/mol. The molecule has 1 aromatic rings. The van der Waals surface area contributed by atoms with E-state index in [1.807, 2.05) is 13.8 Å². The minimum absolute atomic E-state index is 0.00705. The van der Waals surface area contributed by atoms with E-state index in [4.69, 9.17) is 0 Å². The number of aromatic amines is 1. The van der Waals surface area contributed by atoms with Gasteiger partial charge in [0.1, 0.15) is 30.5 Å². The summed E-state index contributed by atoms with van der Waals surface area (Å²) in [5, 5.41) is 20.1. The Morgan fingerprint density at radius 1 is 1.02 bits per heavy atom. The van der Waals surface area contributed by atoms with Crippen molar-refractivity contribution in [2.45, 2.75) is 90.5 Å². The minimum Gasteiger partial charge on any atom is -0.394 e. The maximum atomic E-state index is 13.5. The molecular weight excluding hydrogens is 534 g/mol. The van der Waals surface area contributed by atoms with E-state index in [1.54, 1.807) is 13.8 Å². The number of nitrogens with one attached hydrogen (secondary N) is 5. The average molecular weight is 578 g/mol. The number of H-pyrrole nitrogens is 1. The number of likely N-dealkylation sites (tertiary alicyclic amines) is 1. The van der Waals surface area contributed by atoms with E-state index in [9.17, 15) is 33.9 Å². The maximum Gasteiger partial charge on any atom is 0.245 e. The van der Waals surface area contributed by atoms with E-state index in [1.165, 1.54) is 24.3 Å². The highest BCUT2D eigenvalue weighted by molar-refractivity contribution is 5.96. The number of nitrogens with zero attached hydrogens (tertiary/aromatic N) is 2. The molecule has 2 rings (SSSR count). The van der Waals surface area contributed by atoms with Gasteiger partial charge in [0.2, 0.25) is 29.5 Å². The number of carbonyl (C=O) groups is 6. The molecule has 1 aliphatic heterocycles. The van der Waals surface area contributed by atoms with Crippen LogP contribution in [0.1, 0.15) is 59.6 Å². The first kappa shape index (κ1) is 33.4. The second-order valence-electron chi connectivity index (χ2n) is 11.1. The van der Waals surface area contributed by atoms with E-state index >= 15 is 0 Å². The molecule has 228 valence electrons. The number of carbonyl (C=O) groups excluding carboxylic acids is 6. The van der Waals surface area contributed by atoms with Gasteiger partial charge in [-0.25, -0.2) is 4.98 Å². The maximum absolute atomic E-state index is 13.5. The molecular formula is C27H43N7O7. The largest absolute Gasteiger partial charge is 0.394 e. The number of amides is 5. The van der Waals surface area contributed by atoms with Crippen molar-refractivity contribution < 1.29 is 33.9 Å². The summed E-state index contributed by atoms with van der Waals surface area (Å²) in [4.78, 5) is 84.0. The summed E-state index contributed by atoms with van der Waals surface area (Å²) in [5.74, 6) is -3.01. The number of hydrogen-bond donors (Lipinski definition) is 6. The fraction of sp³-hybridized carbons (Fsp3) is 0.667. The standard InChI is InChI=1S/C27H43N7O7/c1-15(2)9-19(31-27(41)23-7-6-8-34(23)17(5)37)24(38)30-20(10-18-11-28-14-29-18)25(39)33-22(13-36)26(40)32-21(12-35)16(3)4/h11-12,14-16,19-23,36H,6-10,13H2,1-5H3,(H,28,29)(H,30,38)(H,31,41)(H,32,40)(H,33,39)/t19-,20-,21+,22-,23-/m0/s1. The Kier molecular flexibility index (Phi) is 12.9. The lowest BCUT2D eigenvalue weighted by Gasteiger charge is -2.28. The molecule has 41 heavy (non-hydrogen) atoms. The lowest BCUT2D eigenvalue weighted by atomic mass is 10.0. The smallest absolute Gasteiger partial charge is 0.245 e. The third-order valence-corrected chi connectivity index (χ3v) is 6.90. The zero-order valence-corrected chi connectivity index (χ0v) is 24.3. The molecule has 0 saturated carbocycles. The molecule has 0 unspecified atom stereocenters. The minimum atomic E-state index is -1.38. The molecule has 0 aromatic carbocycles. The first-order valence-electron chi connectivity index (χ1n) is 13.9. The van der Waals surface area contributed by atoms with Gasteiger partial charge in [-0.1, -0.05) is 27.7 Å². The number of aliphatic hydroxyl groups excluding tert-OH is 1. The van der Waals surface area contributed by atoms with Crippen LogP contribution in [0.15, 0.2) is 12.5 Å². The van der Waals surface area contributed by atoms with Crippen molar-refractivity contribution in [3.05, 3.63) is 18.2 Å². The van der Waals surface area contributed by atoms with Crippen LogP contribution < -0.4 is 21.3 Å². The fourth-order valence-corrected chi connectivity index (χ4v) is 4.57. The number of rotatable bonds is 15. The predicted octanol–water partition coefficient (Wildman–Crippen LogP) is -1.20. The molecule has 1 fully saturated rings. The lowest BCUT2D eigenvalue weighted by molar-refractivity contribution is -0.138. The van der Waals surface area contributed by atoms with Gasteiger partial charge in [-0.3, -0.25) is 24.0 Å². The van der Waals surface area contributed by atoms with Crippen LogP contribution in [0, 0.1) is 11.8 Å². The van der Waals surface area contributed by atoms with Crippen molar-refractivity contribution in [1.29, 1.82) is 0 Å². The lowest BCUT2D eigenvalue weighted by Crippen LogP contribution is -2.59. The van der Waals surface area contributed by atoms with Gasteiger partial charge in [-0.05, 0) is 31.1 Å². The third kappa shape index (κ3) is 9.95. The van der Waals surface area contributed by atoms with Crippen molar-refractivity contribution in [3.8, 4) is 0 Å². The van der Waals surface area contributed by atoms with Gasteiger partial charge in [-0.2, -0.15) is 0 Å². The second kappa shape index (κ2) is 15.8. The van der Waals surface area contributed by atoms with Gasteiger partial charge in [-0.15, -0.1) is 0 Å². The van der Waals surface area contributed by atoms with Crippen molar-refractivity contribution in [2.75, 3.05) is 13.2 Å². The zero-order chi connectivity index (χ0) is 30.7. The van der Waals surface area contributed by atoms with Crippen molar-refractivity contribution in [2.24, 2.45) is 11.8 Å². The van der Waals surface area contributed by atoms with Crippen molar-refractivity contribution >= 4 is 35.8 Å². The summed E-state index contributed by atoms with van der Waals surface area (Å²) in [5.41, 5.74) is 0.517. The third-order valence-electron chi connectivity index (χ3n) is 6.90. The van der Waals surface area contributed by atoms with Crippen LogP contribution in [0.3, 0.4) is 0 Å². The Hall–Kier alpha value is -3.81. The molecule has 6 N–H and O–H groups in total. The first-order chi connectivity index (χ1) is 19.4. The highest BCUT2D eigenvalue weighted by Crippen LogP contribution is 2.18. The Balaban J connectivity index is 2.20. The molecule has 5 atom stereocenters. The summed E-state index contributed by atoms with van der Waals surface area (Å²) in [7, 11) is 0. The monoisotopic (exact) mass is 577 g/mol. The molecule has 0 spiro atoms. The topological polar surface area (TPSA) is 203 Å². The van der Waals surface area contributed by atoms with E-state index in [0.29, 0.717) is 31.4 Å². The molecule has 14 heteroatoms. The number of aldehydes is 1. The zero-order valence-electron chi connectivity index (χ0n) is 24.3. The van der Waals surface area contributed by atoms with Crippen LogP contribution in [0.4, 0.5) is 0 Å². The van der Waals surface area contributed by atoms with Gasteiger partial charge in [0.25, 0.3) is 0 Å². The first-order valence-corrected chi connectivity index (χ1v) is 13.9. The van der Waals surface area contributed by atoms with E-state index in [-0.39, 0.29) is 30.6 Å². The Labute approximate surface area is 239 Å². The molecule has 5 amide bonds. The van der Waals surface area contributed by atoms with Crippen LogP contribution in [-0.2, 0) is 35.2 Å². The van der Waals surface area contributed by atoms with Gasteiger partial charge >= 0.3 is 0 Å². The van der Waals surface area contributed by atoms with Crippen molar-refractivity contribution in [1.82, 2.24) is 36.1 Å². The van der Waals surface area contributed by atoms with Crippen LogP contribution in [-0.4, -0.2) is 99.2 Å². The summed E-state index contributed by atoms with van der Waals surface area (Å²) < 4.78 is 0. The molecule has 1 aliphatic rings. The summed E-state index contributed by atoms with van der Waals surface area (Å²) in [6.07, 6.45) is 4.87. The Morgan fingerprint density at radius 3 is 2.20 bits per heavy atom. The Morgan fingerprint density at radius 2 is 1.66 bits per heavy atom. The van der Waals surface area contributed by atoms with Crippen LogP contribution in [0.5, 0.6) is 0 Å². The molecule has 2 heterocycles. The van der Waals surface area contributed by atoms with E-state index < -0.39 is 60.4 Å². The van der Waals surface area contributed by atoms with Gasteiger partial charge in [0.05, 0.1) is 19.0 Å². The van der Waals surface area contributed by atoms with Crippen molar-refractivity contribution in [3.63, 3.8) is 0 Å². The van der Waals surface area contributed by atoms with E-state index in [0.717, 1.165) is 0 Å². The van der Waals surface area contributed by atoms with E-state index in [2.05, 4.69) is 31.2 Å². The summed E-state index contributed by atoms with van der Waals surface area (Å²) in [6, 6.07) is -5.07. The molecule has 0 aliphatic carbocycles. The quantitative estimate of drug-likeness (QED) is 0.139. The number of hydrogen-bond acceptors (Lipinski definition) is 8. The molecule has 0 radical (unpaired) electrons. The summed E-state index contributed by atoms with van der Waals surface area (Å²) >= 11 is 0. The highest BCUT2D eigenvalue weighted by atomic mass is 16.3. The summed E-state index contributed by atoms with van der Waals surface area (Å²) in [6.45, 7) is 8.35. The SMILES string of the molecule is CC(=O)N1CCC[C@H]1C(=O)N[C@@H](CC(C)C)C(=O)N[C@@H](Cc1cnc[nH]1)C(=O)N[C@@H](CO)C(=O)N[C@H](C=O)C(C)C. The number of aromatic nitrogens is 2. The molecule has 14 nitrogen and oxygen atoms in total. The molecule has 0 bridgehead atoms. The number of aliphatic hydroxyl groups is 1. The van der Waals surface area contributed by atoms with Gasteiger partial charge < -0.3 is 41.1 Å². The Bertz CT molecular complexity index is 1060. The normalized spacial score (nSPS) is 17.9. The van der Waals surface area contributed by atoms with Gasteiger partial charge in [0, 0.05) is 31.8 Å². The highest BCUT2D eigenvalue weighted by Gasteiger charge is 2.36. The number of imidazole rings is 1. The molecule has 1 saturated heterocycles.